The quantitative estimate of drug-likeness (QED) is 0.137. The lowest BCUT2D eigenvalue weighted by atomic mass is 9.87. The van der Waals surface area contributed by atoms with Crippen LogP contribution in [0.3, 0.4) is 0 Å². The van der Waals surface area contributed by atoms with Crippen molar-refractivity contribution in [2.24, 2.45) is 0 Å². The number of rotatable bonds is 9. The zero-order chi connectivity index (χ0) is 94.6. The average molecular weight is 1840 g/mol. The zero-order valence-electron chi connectivity index (χ0n) is 77.4. The first-order valence-corrected chi connectivity index (χ1v) is 48.7. The smallest absolute Gasteiger partial charge is 0.235 e. The molecule has 12 heteroatoms. The molecule has 3 aliphatic heterocycles. The maximum atomic E-state index is 6.31. The number of fused-ring (bicyclic) bond motifs is 20. The van der Waals surface area contributed by atoms with Crippen molar-refractivity contribution in [1.29, 1.82) is 0 Å². The summed E-state index contributed by atoms with van der Waals surface area (Å²) >= 11 is 0. The molecule has 28 aromatic rings. The van der Waals surface area contributed by atoms with Gasteiger partial charge >= 0.3 is 0 Å². The van der Waals surface area contributed by atoms with Crippen molar-refractivity contribution >= 4 is 193 Å². The molecule has 0 aliphatic carbocycles. The van der Waals surface area contributed by atoms with Crippen molar-refractivity contribution in [3.63, 3.8) is 0 Å². The second kappa shape index (κ2) is 33.1. The number of pyridine rings is 2. The van der Waals surface area contributed by atoms with E-state index < -0.39 is 0 Å². The summed E-state index contributed by atoms with van der Waals surface area (Å²) < 4.78 is 6.31. The maximum Gasteiger partial charge on any atom is 0.235 e. The monoisotopic (exact) mass is 1830 g/mol. The first-order chi connectivity index (χ1) is 71.4. The van der Waals surface area contributed by atoms with Gasteiger partial charge in [0.2, 0.25) is 11.9 Å². The lowest BCUT2D eigenvalue weighted by Crippen LogP contribution is -2.18. The lowest BCUT2D eigenvalue weighted by Gasteiger charge is -2.35. The number of para-hydroxylation sites is 5. The minimum Gasteiger partial charge on any atom is -0.456 e. The number of aromatic nitrogens is 8. The van der Waals surface area contributed by atoms with Gasteiger partial charge in [0.1, 0.15) is 11.2 Å². The fourth-order valence-electron chi connectivity index (χ4n) is 22.7. The van der Waals surface area contributed by atoms with Crippen LogP contribution in [0.15, 0.2) is 484 Å². The summed E-state index contributed by atoms with van der Waals surface area (Å²) in [4.78, 5) is 48.0. The summed E-state index contributed by atoms with van der Waals surface area (Å²) in [5, 5.41) is 23.2. The molecule has 0 bridgehead atoms. The Labute approximate surface area is 826 Å². The molecule has 22 aromatic carbocycles. The largest absolute Gasteiger partial charge is 0.456 e. The topological polar surface area (TPSA) is 126 Å². The molecular formula is C132H79N11O. The van der Waals surface area contributed by atoms with Crippen LogP contribution in [0.25, 0.3) is 242 Å². The lowest BCUT2D eigenvalue weighted by molar-refractivity contribution is 0.669. The summed E-state index contributed by atoms with van der Waals surface area (Å²) in [6, 6.07) is 165. The Balaban J connectivity index is 0.000000103. The van der Waals surface area contributed by atoms with Gasteiger partial charge in [0.05, 0.1) is 84.7 Å². The standard InChI is InChI=1S/C50H29N3O.C43H26N4.C39H24N4/c1-2-15-32-30(12-1)26-28-43-47(32)38-20-9-13-31-14-10-23-42(46(31)38)53(43)41-29-27-35(33-16-3-4-17-34(33)41)50-51-40-22-7-5-18-36(40)49(52-50)39-21-11-25-45-48(39)37-19-6-8-24-44(37)54-45;1-2-14-32-27(9-1)24-25-38-40(32)35-17-5-10-29-11-7-19-37(39(29)35)47(38)43-45-36-18-4-3-15-34(36)42(46-43)31-22-20-28(21-23-31)33-16-6-12-30-13-8-26-44-41(30)33;1-2-12-29-25(9-1)22-23-35-37(29)31-14-7-10-27-11-8-17-34(36(27)31)43(35)39-41-33-16-4-3-13-30(33)38(42-39)28-20-18-26(19-21-28)32-15-5-6-24-40-32/h1-29H;1-26H;1-24H. The summed E-state index contributed by atoms with van der Waals surface area (Å²) in [5.41, 5.74) is 31.7. The highest BCUT2D eigenvalue weighted by Crippen LogP contribution is 2.59. The first-order valence-electron chi connectivity index (χ1n) is 48.7. The fraction of sp³-hybridized carbons (Fsp3) is 0. The van der Waals surface area contributed by atoms with Gasteiger partial charge in [-0.2, -0.15) is 0 Å². The van der Waals surface area contributed by atoms with Crippen LogP contribution in [0.2, 0.25) is 0 Å². The molecule has 0 spiro atoms. The van der Waals surface area contributed by atoms with E-state index in [-0.39, 0.29) is 0 Å². The molecule has 0 fully saturated rings. The van der Waals surface area contributed by atoms with Crippen LogP contribution in [0, 0.1) is 0 Å². The Kier molecular flexibility index (Phi) is 18.8. The average Bonchev–Trinajstić information content (AvgIpc) is 1.71. The molecule has 6 aromatic heterocycles. The summed E-state index contributed by atoms with van der Waals surface area (Å²) in [7, 11) is 0. The van der Waals surface area contributed by atoms with Crippen LogP contribution in [-0.2, 0) is 0 Å². The van der Waals surface area contributed by atoms with Gasteiger partial charge in [-0.3, -0.25) is 19.8 Å². The van der Waals surface area contributed by atoms with Gasteiger partial charge in [-0.15, -0.1) is 0 Å². The highest BCUT2D eigenvalue weighted by atomic mass is 16.3. The van der Waals surface area contributed by atoms with Gasteiger partial charge in [-0.1, -0.05) is 370 Å². The molecule has 0 amide bonds. The Hall–Kier alpha value is -19.6. The predicted octanol–water partition coefficient (Wildman–Crippen LogP) is 35.2. The predicted molar refractivity (Wildman–Crippen MR) is 595 cm³/mol. The fourth-order valence-corrected chi connectivity index (χ4v) is 22.7. The van der Waals surface area contributed by atoms with Crippen LogP contribution in [0.1, 0.15) is 0 Å². The summed E-state index contributed by atoms with van der Waals surface area (Å²) in [6.45, 7) is 0. The highest BCUT2D eigenvalue weighted by molar-refractivity contribution is 6.25. The molecule has 31 rings (SSSR count). The molecule has 0 saturated carbocycles. The van der Waals surface area contributed by atoms with Crippen LogP contribution < -0.4 is 14.7 Å². The van der Waals surface area contributed by atoms with Gasteiger partial charge in [0.15, 0.2) is 5.82 Å². The van der Waals surface area contributed by atoms with E-state index in [1.54, 1.807) is 0 Å². The Morgan fingerprint density at radius 3 is 1.10 bits per heavy atom. The normalized spacial score (nSPS) is 12.3. The van der Waals surface area contributed by atoms with Gasteiger partial charge in [0.25, 0.3) is 0 Å². The van der Waals surface area contributed by atoms with E-state index in [1.165, 1.54) is 109 Å². The van der Waals surface area contributed by atoms with Crippen LogP contribution in [-0.4, -0.2) is 39.9 Å². The number of benzene rings is 22. The molecule has 0 atom stereocenters. The van der Waals surface area contributed by atoms with Crippen molar-refractivity contribution < 1.29 is 4.42 Å². The van der Waals surface area contributed by atoms with Gasteiger partial charge < -0.3 is 9.32 Å². The van der Waals surface area contributed by atoms with Crippen molar-refractivity contribution in [3.8, 4) is 101 Å². The first kappa shape index (κ1) is 81.6. The molecule has 0 saturated heterocycles. The molecule has 144 heavy (non-hydrogen) atoms. The number of hydrogen-bond acceptors (Lipinski definition) is 12. The third kappa shape index (κ3) is 13.1. The highest BCUT2D eigenvalue weighted by Gasteiger charge is 2.35. The van der Waals surface area contributed by atoms with Crippen molar-refractivity contribution in [2.75, 3.05) is 14.7 Å². The third-order valence-electron chi connectivity index (χ3n) is 29.1. The van der Waals surface area contributed by atoms with E-state index >= 15 is 0 Å². The van der Waals surface area contributed by atoms with Gasteiger partial charge in [-0.25, -0.2) is 29.9 Å². The molecule has 12 nitrogen and oxygen atoms in total. The second-order valence-corrected chi connectivity index (χ2v) is 37.0. The van der Waals surface area contributed by atoms with Crippen LogP contribution in [0.5, 0.6) is 0 Å². The van der Waals surface area contributed by atoms with Crippen LogP contribution in [0.4, 0.5) is 51.7 Å². The van der Waals surface area contributed by atoms with E-state index in [0.29, 0.717) is 17.7 Å². The SMILES string of the molecule is c1ccc(-c2ccc(-c3nc(N4c5ccc6ccccc6c5-c5cccc6cccc4c56)nc4ccccc34)cc2)nc1.c1ccc2c3c(ccc2c1)N(c1ccc(-c2nc(-c4cccc5oc6ccccc6c45)c4ccccc4n2)c2ccccc12)c1cccc2cccc-3c12.c1ccc2c3c(ccc2c1)N(c1nc(-c2ccc(-c4cccc5cccnc45)cc2)c2ccccc2n1)c1cccc2cccc-3c12. The minimum atomic E-state index is 0.652. The van der Waals surface area contributed by atoms with Gasteiger partial charge in [0, 0.05) is 116 Å². The molecule has 0 unspecified atom stereocenters. The maximum absolute atomic E-state index is 6.31. The molecular weight excluding hydrogens is 1760 g/mol. The van der Waals surface area contributed by atoms with Crippen molar-refractivity contribution in [3.05, 3.63) is 480 Å². The van der Waals surface area contributed by atoms with Crippen LogP contribution >= 0.6 is 0 Å². The Morgan fingerprint density at radius 1 is 0.181 bits per heavy atom. The number of nitrogens with zero attached hydrogens (tertiary/aromatic N) is 11. The van der Waals surface area contributed by atoms with E-state index in [4.69, 9.17) is 34.3 Å². The van der Waals surface area contributed by atoms with E-state index in [1.807, 2.05) is 73.1 Å². The summed E-state index contributed by atoms with van der Waals surface area (Å²) in [5.74, 6) is 1.99. The molecule has 3 aliphatic rings. The number of anilines is 9. The van der Waals surface area contributed by atoms with Gasteiger partial charge in [-0.05, 0) is 173 Å². The minimum absolute atomic E-state index is 0.652. The van der Waals surface area contributed by atoms with E-state index in [9.17, 15) is 0 Å². The van der Waals surface area contributed by atoms with Crippen molar-refractivity contribution in [2.45, 2.75) is 0 Å². The van der Waals surface area contributed by atoms with E-state index in [0.717, 1.165) is 166 Å². The number of furan rings is 1. The van der Waals surface area contributed by atoms with E-state index in [2.05, 4.69) is 431 Å². The summed E-state index contributed by atoms with van der Waals surface area (Å²) in [6.07, 6.45) is 3.68. The molecule has 0 N–H and O–H groups in total. The number of hydrogen-bond donors (Lipinski definition) is 0. The Morgan fingerprint density at radius 2 is 0.562 bits per heavy atom. The Bertz CT molecular complexity index is 10200. The zero-order valence-corrected chi connectivity index (χ0v) is 77.4. The molecule has 9 heterocycles. The molecule has 668 valence electrons. The molecule has 0 radical (unpaired) electrons. The second-order valence-electron chi connectivity index (χ2n) is 37.0. The van der Waals surface area contributed by atoms with Crippen molar-refractivity contribution in [1.82, 2.24) is 39.9 Å². The third-order valence-corrected chi connectivity index (χ3v) is 29.1.